The number of unbranched alkanes of at least 4 members (excludes halogenated alkanes) is 3. The number of carbonyl (C=O) groups is 2. The molecule has 0 aliphatic carbocycles. The first-order valence-corrected chi connectivity index (χ1v) is 10.8. The van der Waals surface area contributed by atoms with E-state index in [0.29, 0.717) is 19.6 Å². The van der Waals surface area contributed by atoms with Crippen LogP contribution in [0.2, 0.25) is 5.02 Å². The molecule has 1 aliphatic heterocycles. The van der Waals surface area contributed by atoms with E-state index in [-0.39, 0.29) is 23.4 Å². The third-order valence-corrected chi connectivity index (χ3v) is 5.47. The van der Waals surface area contributed by atoms with Crippen LogP contribution >= 0.6 is 11.6 Å². The van der Waals surface area contributed by atoms with Crippen LogP contribution in [0.1, 0.15) is 51.0 Å². The molecule has 0 bridgehead atoms. The van der Waals surface area contributed by atoms with Crippen molar-refractivity contribution in [3.05, 3.63) is 28.8 Å². The van der Waals surface area contributed by atoms with Crippen molar-refractivity contribution in [3.63, 3.8) is 0 Å². The topological polar surface area (TPSA) is 61.4 Å². The van der Waals surface area contributed by atoms with Gasteiger partial charge in [0, 0.05) is 13.1 Å². The van der Waals surface area contributed by atoms with Crippen LogP contribution in [0.25, 0.3) is 0 Å². The Morgan fingerprint density at radius 3 is 2.70 bits per heavy atom. The highest BCUT2D eigenvalue weighted by Gasteiger charge is 2.35. The van der Waals surface area contributed by atoms with E-state index in [9.17, 15) is 22.8 Å². The van der Waals surface area contributed by atoms with Crippen molar-refractivity contribution in [1.29, 1.82) is 0 Å². The molecular weight excluding hydrogens is 419 g/mol. The van der Waals surface area contributed by atoms with Gasteiger partial charge in [-0.3, -0.25) is 14.5 Å². The van der Waals surface area contributed by atoms with Crippen LogP contribution in [-0.2, 0) is 15.8 Å². The number of piperidine rings is 1. The molecular formula is C21H29ClF3N3O2. The SMILES string of the molecule is CCCCCCNC(=O)C1CCCN(CC(=O)Nc2c(Cl)cccc2C(F)(F)F)C1. The maximum Gasteiger partial charge on any atom is 0.418 e. The van der Waals surface area contributed by atoms with Crippen molar-refractivity contribution in [2.24, 2.45) is 5.92 Å². The fraction of sp³-hybridized carbons (Fsp3) is 0.619. The van der Waals surface area contributed by atoms with Gasteiger partial charge in [-0.25, -0.2) is 0 Å². The van der Waals surface area contributed by atoms with Crippen LogP contribution in [0.15, 0.2) is 18.2 Å². The van der Waals surface area contributed by atoms with E-state index in [1.165, 1.54) is 12.1 Å². The molecule has 9 heteroatoms. The van der Waals surface area contributed by atoms with Gasteiger partial charge in [0.05, 0.1) is 28.7 Å². The summed E-state index contributed by atoms with van der Waals surface area (Å²) in [7, 11) is 0. The first-order valence-electron chi connectivity index (χ1n) is 10.4. The van der Waals surface area contributed by atoms with E-state index in [2.05, 4.69) is 17.6 Å². The lowest BCUT2D eigenvalue weighted by Crippen LogP contribution is -2.45. The Morgan fingerprint density at radius 1 is 1.23 bits per heavy atom. The summed E-state index contributed by atoms with van der Waals surface area (Å²) in [6, 6.07) is 3.37. The van der Waals surface area contributed by atoms with Gasteiger partial charge in [0.15, 0.2) is 0 Å². The maximum atomic E-state index is 13.2. The Morgan fingerprint density at radius 2 is 2.00 bits per heavy atom. The van der Waals surface area contributed by atoms with E-state index in [1.807, 2.05) is 0 Å². The number of alkyl halides is 3. The molecule has 1 aromatic rings. The van der Waals surface area contributed by atoms with Crippen molar-refractivity contribution in [2.75, 3.05) is 31.5 Å². The fourth-order valence-electron chi connectivity index (χ4n) is 3.59. The minimum Gasteiger partial charge on any atom is -0.356 e. The van der Waals surface area contributed by atoms with Gasteiger partial charge in [-0.05, 0) is 37.9 Å². The number of anilines is 1. The highest BCUT2D eigenvalue weighted by atomic mass is 35.5. The summed E-state index contributed by atoms with van der Waals surface area (Å²) in [5.41, 5.74) is -1.42. The van der Waals surface area contributed by atoms with Crippen LogP contribution < -0.4 is 10.6 Å². The molecule has 2 amide bonds. The molecule has 5 nitrogen and oxygen atoms in total. The second-order valence-electron chi connectivity index (χ2n) is 7.63. The van der Waals surface area contributed by atoms with Gasteiger partial charge in [-0.1, -0.05) is 43.9 Å². The lowest BCUT2D eigenvalue weighted by atomic mass is 9.97. The van der Waals surface area contributed by atoms with Crippen molar-refractivity contribution in [2.45, 2.75) is 51.6 Å². The fourth-order valence-corrected chi connectivity index (χ4v) is 3.81. The molecule has 168 valence electrons. The van der Waals surface area contributed by atoms with Gasteiger partial charge in [-0.15, -0.1) is 0 Å². The van der Waals surface area contributed by atoms with Gasteiger partial charge in [-0.2, -0.15) is 13.2 Å². The maximum absolute atomic E-state index is 13.2. The zero-order valence-electron chi connectivity index (χ0n) is 17.2. The number of likely N-dealkylation sites (tertiary alicyclic amines) is 1. The van der Waals surface area contributed by atoms with Crippen molar-refractivity contribution < 1.29 is 22.8 Å². The largest absolute Gasteiger partial charge is 0.418 e. The second-order valence-corrected chi connectivity index (χ2v) is 8.04. The molecule has 0 aromatic heterocycles. The minimum atomic E-state index is -4.63. The predicted molar refractivity (Wildman–Crippen MR) is 111 cm³/mol. The molecule has 1 unspecified atom stereocenters. The first-order chi connectivity index (χ1) is 14.2. The van der Waals surface area contributed by atoms with Crippen molar-refractivity contribution >= 4 is 29.1 Å². The summed E-state index contributed by atoms with van der Waals surface area (Å²) < 4.78 is 39.5. The molecule has 1 aromatic carbocycles. The summed E-state index contributed by atoms with van der Waals surface area (Å²) in [4.78, 5) is 26.5. The van der Waals surface area contributed by atoms with Gasteiger partial charge in [0.2, 0.25) is 11.8 Å². The Balaban J connectivity index is 1.88. The van der Waals surface area contributed by atoms with Crippen molar-refractivity contribution in [1.82, 2.24) is 10.2 Å². The third-order valence-electron chi connectivity index (χ3n) is 5.16. The molecule has 1 heterocycles. The molecule has 2 rings (SSSR count). The summed E-state index contributed by atoms with van der Waals surface area (Å²) in [5, 5.41) is 5.08. The summed E-state index contributed by atoms with van der Waals surface area (Å²) >= 11 is 5.89. The highest BCUT2D eigenvalue weighted by Crippen LogP contribution is 2.38. The number of rotatable bonds is 9. The Bertz CT molecular complexity index is 728. The lowest BCUT2D eigenvalue weighted by molar-refractivity contribution is -0.137. The normalized spacial score (nSPS) is 17.6. The Kier molecular flexibility index (Phi) is 9.42. The van der Waals surface area contributed by atoms with Gasteiger partial charge < -0.3 is 10.6 Å². The summed E-state index contributed by atoms with van der Waals surface area (Å²) in [5.74, 6) is -0.833. The number of amides is 2. The molecule has 1 atom stereocenters. The standard InChI is InChI=1S/C21H29ClF3N3O2/c1-2-3-4-5-11-26-20(30)15-8-7-12-28(13-15)14-18(29)27-19-16(21(23,24)25)9-6-10-17(19)22/h6,9-10,15H,2-5,7-8,11-14H2,1H3,(H,26,30)(H,27,29). The molecule has 1 aliphatic rings. The predicted octanol–water partition coefficient (Wildman–Crippen LogP) is 4.71. The van der Waals surface area contributed by atoms with Gasteiger partial charge >= 0.3 is 6.18 Å². The average molecular weight is 448 g/mol. The van der Waals surface area contributed by atoms with Crippen LogP contribution in [0.5, 0.6) is 0 Å². The van der Waals surface area contributed by atoms with Crippen molar-refractivity contribution in [3.8, 4) is 0 Å². The molecule has 2 N–H and O–H groups in total. The monoisotopic (exact) mass is 447 g/mol. The van der Waals surface area contributed by atoms with Crippen LogP contribution in [-0.4, -0.2) is 42.9 Å². The molecule has 0 saturated carbocycles. The van der Waals surface area contributed by atoms with E-state index >= 15 is 0 Å². The quantitative estimate of drug-likeness (QED) is 0.539. The highest BCUT2D eigenvalue weighted by molar-refractivity contribution is 6.34. The van der Waals surface area contributed by atoms with Crippen LogP contribution in [0.3, 0.4) is 0 Å². The van der Waals surface area contributed by atoms with Gasteiger partial charge in [0.25, 0.3) is 0 Å². The number of halogens is 4. The van der Waals surface area contributed by atoms with E-state index in [1.54, 1.807) is 4.90 Å². The number of hydrogen-bond acceptors (Lipinski definition) is 3. The van der Waals surface area contributed by atoms with E-state index in [0.717, 1.165) is 44.6 Å². The molecule has 30 heavy (non-hydrogen) atoms. The van der Waals surface area contributed by atoms with E-state index in [4.69, 9.17) is 11.6 Å². The zero-order chi connectivity index (χ0) is 22.1. The number of carbonyl (C=O) groups excluding carboxylic acids is 2. The minimum absolute atomic E-state index is 0.0259. The van der Waals surface area contributed by atoms with Crippen LogP contribution in [0, 0.1) is 5.92 Å². The molecule has 0 radical (unpaired) electrons. The summed E-state index contributed by atoms with van der Waals surface area (Å²) in [6.07, 6.45) is 1.16. The number of benzene rings is 1. The molecule has 1 fully saturated rings. The second kappa shape index (κ2) is 11.6. The smallest absolute Gasteiger partial charge is 0.356 e. The summed E-state index contributed by atoms with van der Waals surface area (Å²) in [6.45, 7) is 3.69. The van der Waals surface area contributed by atoms with E-state index < -0.39 is 23.3 Å². The zero-order valence-corrected chi connectivity index (χ0v) is 17.9. The number of hydrogen-bond donors (Lipinski definition) is 2. The number of nitrogens with zero attached hydrogens (tertiary/aromatic N) is 1. The first kappa shape index (κ1) is 24.5. The van der Waals surface area contributed by atoms with Gasteiger partial charge in [0.1, 0.15) is 0 Å². The Labute approximate surface area is 180 Å². The Hall–Kier alpha value is -1.80. The average Bonchev–Trinajstić information content (AvgIpc) is 2.68. The molecule has 1 saturated heterocycles. The number of nitrogens with one attached hydrogen (secondary N) is 2. The number of para-hydroxylation sites is 1. The van der Waals surface area contributed by atoms with Crippen LogP contribution in [0.4, 0.5) is 18.9 Å². The lowest BCUT2D eigenvalue weighted by Gasteiger charge is -2.31. The molecule has 0 spiro atoms. The third kappa shape index (κ3) is 7.47.